The topological polar surface area (TPSA) is 90.4 Å². The molecule has 0 aromatic carbocycles. The van der Waals surface area contributed by atoms with Crippen LogP contribution in [0.5, 0.6) is 0 Å². The van der Waals surface area contributed by atoms with Gasteiger partial charge in [0.25, 0.3) is 5.91 Å². The van der Waals surface area contributed by atoms with Crippen LogP contribution in [0, 0.1) is 5.82 Å². The first-order valence-electron chi connectivity index (χ1n) is 11.1. The number of anilines is 4. The van der Waals surface area contributed by atoms with E-state index in [4.69, 9.17) is 0 Å². The highest BCUT2D eigenvalue weighted by Gasteiger charge is 2.27. The summed E-state index contributed by atoms with van der Waals surface area (Å²) in [7, 11) is 0. The van der Waals surface area contributed by atoms with E-state index in [-0.39, 0.29) is 17.8 Å². The normalized spacial score (nSPS) is 18.6. The quantitative estimate of drug-likeness (QED) is 0.614. The van der Waals surface area contributed by atoms with Gasteiger partial charge in [-0.2, -0.15) is 0 Å². The van der Waals surface area contributed by atoms with Gasteiger partial charge >= 0.3 is 0 Å². The molecule has 0 spiro atoms. The van der Waals surface area contributed by atoms with Crippen LogP contribution in [-0.4, -0.2) is 70.8 Å². The fraction of sp³-hybridized carbons (Fsp3) is 0.348. The predicted molar refractivity (Wildman–Crippen MR) is 125 cm³/mol. The van der Waals surface area contributed by atoms with E-state index in [9.17, 15) is 13.6 Å². The van der Waals surface area contributed by atoms with Gasteiger partial charge in [0.15, 0.2) is 5.82 Å². The molecule has 34 heavy (non-hydrogen) atoms. The number of carbonyl (C=O) groups is 1. The molecule has 3 aromatic heterocycles. The van der Waals surface area contributed by atoms with Crippen molar-refractivity contribution in [3.05, 3.63) is 60.4 Å². The zero-order valence-corrected chi connectivity index (χ0v) is 18.6. The fourth-order valence-corrected chi connectivity index (χ4v) is 4.10. The summed E-state index contributed by atoms with van der Waals surface area (Å²) in [6, 6.07) is 6.61. The molecule has 1 amide bonds. The molecule has 2 fully saturated rings. The number of pyridine rings is 2. The molecule has 3 aromatic rings. The van der Waals surface area contributed by atoms with E-state index >= 15 is 0 Å². The first-order chi connectivity index (χ1) is 16.5. The molecule has 11 heteroatoms. The number of amides is 1. The smallest absolute Gasteiger partial charge is 0.258 e. The Balaban J connectivity index is 1.17. The molecule has 0 unspecified atom stereocenters. The van der Waals surface area contributed by atoms with Gasteiger partial charge in [-0.1, -0.05) is 0 Å². The van der Waals surface area contributed by atoms with Gasteiger partial charge in [-0.15, -0.1) is 0 Å². The van der Waals surface area contributed by atoms with Gasteiger partial charge in [-0.25, -0.2) is 28.7 Å². The molecule has 1 atom stereocenters. The lowest BCUT2D eigenvalue weighted by atomic mass is 10.2. The number of carbonyl (C=O) groups excluding carboxylic acids is 1. The van der Waals surface area contributed by atoms with Gasteiger partial charge in [-0.3, -0.25) is 4.79 Å². The summed E-state index contributed by atoms with van der Waals surface area (Å²) in [5.41, 5.74) is 0.381. The molecule has 1 N–H and O–H groups in total. The maximum atomic E-state index is 13.2. The molecule has 176 valence electrons. The number of rotatable bonds is 5. The number of piperazine rings is 1. The van der Waals surface area contributed by atoms with Gasteiger partial charge in [-0.05, 0) is 31.2 Å². The van der Waals surface area contributed by atoms with Crippen molar-refractivity contribution in [2.75, 3.05) is 52.7 Å². The van der Waals surface area contributed by atoms with Crippen LogP contribution in [-0.2, 0) is 0 Å². The first-order valence-corrected chi connectivity index (χ1v) is 11.1. The second-order valence-corrected chi connectivity index (χ2v) is 8.44. The van der Waals surface area contributed by atoms with Gasteiger partial charge in [0.1, 0.15) is 29.4 Å². The first kappa shape index (κ1) is 21.9. The lowest BCUT2D eigenvalue weighted by Crippen LogP contribution is -2.52. The van der Waals surface area contributed by atoms with E-state index in [0.29, 0.717) is 55.7 Å². The Bertz CT molecular complexity index is 1140. The van der Waals surface area contributed by atoms with E-state index in [2.05, 4.69) is 42.0 Å². The molecule has 0 bridgehead atoms. The molecular formula is C23H24F2N8O. The standard InChI is InChI=1S/C23H24F2N8O/c1-15-12-31(6-7-33(15)21-5-3-17(24)9-28-21)22-11-26-19(10-29-22)30-23(34)16-2-4-20(27-8-16)32-13-18(25)14-32/h2-5,8-11,15,18H,6-7,12-14H2,1H3,(H,26,30,34)/t15-/m0/s1. The Morgan fingerprint density at radius 3 is 2.26 bits per heavy atom. The summed E-state index contributed by atoms with van der Waals surface area (Å²) in [5.74, 6) is 1.75. The van der Waals surface area contributed by atoms with Gasteiger partial charge in [0, 0.05) is 31.9 Å². The number of nitrogens with one attached hydrogen (secondary N) is 1. The van der Waals surface area contributed by atoms with Crippen molar-refractivity contribution >= 4 is 29.2 Å². The van der Waals surface area contributed by atoms with Gasteiger partial charge in [0.05, 0.1) is 37.2 Å². The van der Waals surface area contributed by atoms with Crippen molar-refractivity contribution in [2.45, 2.75) is 19.1 Å². The molecule has 2 saturated heterocycles. The van der Waals surface area contributed by atoms with E-state index in [1.54, 1.807) is 24.4 Å². The molecule has 0 aliphatic carbocycles. The third-order valence-corrected chi connectivity index (χ3v) is 6.01. The second kappa shape index (κ2) is 9.16. The second-order valence-electron chi connectivity index (χ2n) is 8.44. The van der Waals surface area contributed by atoms with Crippen LogP contribution >= 0.6 is 0 Å². The number of nitrogens with zero attached hydrogens (tertiary/aromatic N) is 7. The maximum Gasteiger partial charge on any atom is 0.258 e. The van der Waals surface area contributed by atoms with Gasteiger partial charge < -0.3 is 20.0 Å². The van der Waals surface area contributed by atoms with Crippen molar-refractivity contribution in [3.8, 4) is 0 Å². The summed E-state index contributed by atoms with van der Waals surface area (Å²) < 4.78 is 26.2. The van der Waals surface area contributed by atoms with Crippen molar-refractivity contribution in [1.29, 1.82) is 0 Å². The Morgan fingerprint density at radius 1 is 0.882 bits per heavy atom. The largest absolute Gasteiger partial charge is 0.352 e. The minimum absolute atomic E-state index is 0.149. The maximum absolute atomic E-state index is 13.2. The molecule has 9 nitrogen and oxygen atoms in total. The lowest BCUT2D eigenvalue weighted by Gasteiger charge is -2.41. The molecular weight excluding hydrogens is 442 g/mol. The Morgan fingerprint density at radius 2 is 1.65 bits per heavy atom. The highest BCUT2D eigenvalue weighted by Crippen LogP contribution is 2.22. The number of hydrogen-bond donors (Lipinski definition) is 1. The minimum atomic E-state index is -0.815. The number of hydrogen-bond acceptors (Lipinski definition) is 8. The van der Waals surface area contributed by atoms with Crippen LogP contribution in [0.15, 0.2) is 49.1 Å². The third-order valence-electron chi connectivity index (χ3n) is 6.01. The summed E-state index contributed by atoms with van der Waals surface area (Å²) in [6.07, 6.45) is 5.03. The lowest BCUT2D eigenvalue weighted by molar-refractivity contribution is 0.102. The van der Waals surface area contributed by atoms with E-state index in [0.717, 1.165) is 5.82 Å². The molecule has 2 aliphatic rings. The van der Waals surface area contributed by atoms with Crippen LogP contribution < -0.4 is 20.0 Å². The highest BCUT2D eigenvalue weighted by atomic mass is 19.1. The van der Waals surface area contributed by atoms with Crippen LogP contribution in [0.4, 0.5) is 32.1 Å². The third kappa shape index (κ3) is 4.59. The number of halogens is 2. The summed E-state index contributed by atoms with van der Waals surface area (Å²) >= 11 is 0. The predicted octanol–water partition coefficient (Wildman–Crippen LogP) is 2.53. The Hall–Kier alpha value is -3.89. The zero-order valence-electron chi connectivity index (χ0n) is 18.6. The van der Waals surface area contributed by atoms with Gasteiger partial charge in [0.2, 0.25) is 0 Å². The molecule has 5 heterocycles. The van der Waals surface area contributed by atoms with Crippen molar-refractivity contribution in [2.24, 2.45) is 0 Å². The van der Waals surface area contributed by atoms with Crippen molar-refractivity contribution < 1.29 is 13.6 Å². The average Bonchev–Trinajstić information content (AvgIpc) is 2.83. The van der Waals surface area contributed by atoms with Crippen molar-refractivity contribution in [3.63, 3.8) is 0 Å². The Labute approximate surface area is 195 Å². The van der Waals surface area contributed by atoms with Crippen LogP contribution in [0.25, 0.3) is 0 Å². The zero-order chi connectivity index (χ0) is 23.7. The SMILES string of the molecule is C[C@H]1CN(c2cnc(NC(=O)c3ccc(N4CC(F)C4)nc3)cn2)CCN1c1ccc(F)cn1. The van der Waals surface area contributed by atoms with E-state index in [1.807, 2.05) is 4.90 Å². The van der Waals surface area contributed by atoms with Crippen LogP contribution in [0.2, 0.25) is 0 Å². The monoisotopic (exact) mass is 466 g/mol. The summed E-state index contributed by atoms with van der Waals surface area (Å²) in [6.45, 7) is 4.87. The summed E-state index contributed by atoms with van der Waals surface area (Å²) in [4.78, 5) is 35.8. The Kier molecular flexibility index (Phi) is 5.91. The van der Waals surface area contributed by atoms with Crippen LogP contribution in [0.3, 0.4) is 0 Å². The van der Waals surface area contributed by atoms with Crippen molar-refractivity contribution in [1.82, 2.24) is 19.9 Å². The van der Waals surface area contributed by atoms with E-state index < -0.39 is 6.17 Å². The molecule has 0 saturated carbocycles. The highest BCUT2D eigenvalue weighted by molar-refractivity contribution is 6.03. The minimum Gasteiger partial charge on any atom is -0.352 e. The summed E-state index contributed by atoms with van der Waals surface area (Å²) in [5, 5.41) is 2.72. The molecule has 0 radical (unpaired) electrons. The van der Waals surface area contributed by atoms with Crippen LogP contribution in [0.1, 0.15) is 17.3 Å². The number of aromatic nitrogens is 4. The number of alkyl halides is 1. The molecule has 2 aliphatic heterocycles. The molecule has 5 rings (SSSR count). The fourth-order valence-electron chi connectivity index (χ4n) is 4.10. The van der Waals surface area contributed by atoms with E-state index in [1.165, 1.54) is 24.7 Å². The average molecular weight is 466 g/mol.